The van der Waals surface area contributed by atoms with Gasteiger partial charge < -0.3 is 5.32 Å². The zero-order valence-corrected chi connectivity index (χ0v) is 12.5. The van der Waals surface area contributed by atoms with Crippen LogP contribution in [0.4, 0.5) is 8.78 Å². The summed E-state index contributed by atoms with van der Waals surface area (Å²) in [5.74, 6) is -1.16. The van der Waals surface area contributed by atoms with Gasteiger partial charge in [0.1, 0.15) is 11.6 Å². The van der Waals surface area contributed by atoms with Crippen LogP contribution in [0.3, 0.4) is 0 Å². The number of hydrogen-bond donors (Lipinski definition) is 1. The van der Waals surface area contributed by atoms with Gasteiger partial charge in [-0.1, -0.05) is 35.3 Å². The van der Waals surface area contributed by atoms with E-state index in [1.807, 2.05) is 0 Å². The first kappa shape index (κ1) is 15.2. The number of rotatable bonds is 3. The lowest BCUT2D eigenvalue weighted by Crippen LogP contribution is -2.21. The van der Waals surface area contributed by atoms with E-state index in [0.29, 0.717) is 21.2 Å². The minimum atomic E-state index is -0.635. The predicted octanol–water partition coefficient (Wildman–Crippen LogP) is 4.89. The molecule has 0 bridgehead atoms. The van der Waals surface area contributed by atoms with Gasteiger partial charge in [0.15, 0.2) is 0 Å². The first-order valence-electron chi connectivity index (χ1n) is 6.02. The molecule has 0 fully saturated rings. The fraction of sp³-hybridized carbons (Fsp3) is 0.200. The van der Waals surface area contributed by atoms with E-state index in [0.717, 1.165) is 0 Å². The van der Waals surface area contributed by atoms with Gasteiger partial charge in [-0.15, -0.1) is 0 Å². The maximum Gasteiger partial charge on any atom is 0.134 e. The van der Waals surface area contributed by atoms with E-state index in [1.165, 1.54) is 12.1 Å². The number of hydrogen-bond acceptors (Lipinski definition) is 1. The van der Waals surface area contributed by atoms with Crippen LogP contribution in [0.1, 0.15) is 22.7 Å². The van der Waals surface area contributed by atoms with Crippen molar-refractivity contribution in [3.63, 3.8) is 0 Å². The summed E-state index contributed by atoms with van der Waals surface area (Å²) in [5.41, 5.74) is 1.01. The second-order valence-corrected chi connectivity index (χ2v) is 5.30. The summed E-state index contributed by atoms with van der Waals surface area (Å²) >= 11 is 11.8. The van der Waals surface area contributed by atoms with E-state index in [9.17, 15) is 8.78 Å². The van der Waals surface area contributed by atoms with Gasteiger partial charge in [0, 0.05) is 5.56 Å². The van der Waals surface area contributed by atoms with Crippen molar-refractivity contribution in [2.24, 2.45) is 0 Å². The summed E-state index contributed by atoms with van der Waals surface area (Å²) in [5, 5.41) is 3.65. The van der Waals surface area contributed by atoms with Crippen molar-refractivity contribution in [1.82, 2.24) is 5.32 Å². The van der Waals surface area contributed by atoms with Gasteiger partial charge in [0.2, 0.25) is 0 Å². The van der Waals surface area contributed by atoms with Crippen molar-refractivity contribution in [1.29, 1.82) is 0 Å². The summed E-state index contributed by atoms with van der Waals surface area (Å²) in [6.07, 6.45) is 0. The molecule has 2 aromatic rings. The topological polar surface area (TPSA) is 12.0 Å². The molecule has 106 valence electrons. The molecule has 0 amide bonds. The Labute approximate surface area is 126 Å². The van der Waals surface area contributed by atoms with E-state index >= 15 is 0 Å². The van der Waals surface area contributed by atoms with Gasteiger partial charge in [0.25, 0.3) is 0 Å². The monoisotopic (exact) mass is 315 g/mol. The molecule has 0 saturated carbocycles. The molecular formula is C15H13Cl2F2N. The third-order valence-electron chi connectivity index (χ3n) is 3.17. The third-order valence-corrected chi connectivity index (χ3v) is 3.91. The lowest BCUT2D eigenvalue weighted by atomic mass is 9.96. The van der Waals surface area contributed by atoms with E-state index in [-0.39, 0.29) is 5.56 Å². The van der Waals surface area contributed by atoms with E-state index in [1.54, 1.807) is 32.2 Å². The highest BCUT2D eigenvalue weighted by molar-refractivity contribution is 6.42. The van der Waals surface area contributed by atoms with Gasteiger partial charge in [-0.2, -0.15) is 0 Å². The normalized spacial score (nSPS) is 12.5. The van der Waals surface area contributed by atoms with Crippen LogP contribution < -0.4 is 5.32 Å². The minimum absolute atomic E-state index is 0.0223. The highest BCUT2D eigenvalue weighted by Gasteiger charge is 2.22. The van der Waals surface area contributed by atoms with Crippen LogP contribution >= 0.6 is 23.2 Å². The molecule has 0 aliphatic carbocycles. The van der Waals surface area contributed by atoms with E-state index < -0.39 is 17.7 Å². The average Bonchev–Trinajstić information content (AvgIpc) is 2.42. The van der Waals surface area contributed by atoms with Crippen molar-refractivity contribution in [3.8, 4) is 0 Å². The molecule has 1 unspecified atom stereocenters. The van der Waals surface area contributed by atoms with Crippen molar-refractivity contribution >= 4 is 23.2 Å². The molecule has 1 atom stereocenters. The van der Waals surface area contributed by atoms with Crippen LogP contribution in [-0.4, -0.2) is 7.05 Å². The summed E-state index contributed by atoms with van der Waals surface area (Å²) in [7, 11) is 1.63. The quantitative estimate of drug-likeness (QED) is 0.850. The minimum Gasteiger partial charge on any atom is -0.309 e. The number of aryl methyl sites for hydroxylation is 1. The lowest BCUT2D eigenvalue weighted by molar-refractivity contribution is 0.517. The third kappa shape index (κ3) is 2.80. The van der Waals surface area contributed by atoms with E-state index in [2.05, 4.69) is 5.32 Å². The van der Waals surface area contributed by atoms with Crippen molar-refractivity contribution < 1.29 is 8.78 Å². The first-order chi connectivity index (χ1) is 9.45. The molecular weight excluding hydrogens is 303 g/mol. The SMILES string of the molecule is CNC(c1ccc(Cl)c(Cl)c1)c1c(F)ccc(C)c1F. The average molecular weight is 316 g/mol. The molecule has 2 aromatic carbocycles. The maximum atomic E-state index is 14.2. The van der Waals surface area contributed by atoms with Crippen LogP contribution in [0.2, 0.25) is 10.0 Å². The molecule has 5 heteroatoms. The molecule has 20 heavy (non-hydrogen) atoms. The fourth-order valence-electron chi connectivity index (χ4n) is 2.11. The van der Waals surface area contributed by atoms with Crippen LogP contribution in [0.25, 0.3) is 0 Å². The Kier molecular flexibility index (Phi) is 4.63. The van der Waals surface area contributed by atoms with Crippen molar-refractivity contribution in [2.45, 2.75) is 13.0 Å². The molecule has 0 heterocycles. The van der Waals surface area contributed by atoms with Crippen molar-refractivity contribution in [2.75, 3.05) is 7.05 Å². The molecule has 0 radical (unpaired) electrons. The molecule has 1 nitrogen and oxygen atoms in total. The molecule has 0 aromatic heterocycles. The summed E-state index contributed by atoms with van der Waals surface area (Å²) in [6, 6.07) is 6.94. The Hall–Kier alpha value is -1.16. The van der Waals surface area contributed by atoms with Gasteiger partial charge in [-0.05, 0) is 43.3 Å². The highest BCUT2D eigenvalue weighted by Crippen LogP contribution is 2.31. The molecule has 0 aliphatic rings. The Bertz CT molecular complexity index is 644. The predicted molar refractivity (Wildman–Crippen MR) is 78.5 cm³/mol. The summed E-state index contributed by atoms with van der Waals surface area (Å²) in [6.45, 7) is 1.60. The zero-order valence-electron chi connectivity index (χ0n) is 11.0. The van der Waals surface area contributed by atoms with Gasteiger partial charge in [-0.25, -0.2) is 8.78 Å². The maximum absolute atomic E-state index is 14.2. The second kappa shape index (κ2) is 6.08. The van der Waals surface area contributed by atoms with Gasteiger partial charge >= 0.3 is 0 Å². The number of benzene rings is 2. The second-order valence-electron chi connectivity index (χ2n) is 4.49. The molecule has 0 aliphatic heterocycles. The Morgan fingerprint density at radius 1 is 1.05 bits per heavy atom. The van der Waals surface area contributed by atoms with Gasteiger partial charge in [-0.3, -0.25) is 0 Å². The standard InChI is InChI=1S/C15H13Cl2F2N/c1-8-3-6-12(18)13(14(8)19)15(20-2)9-4-5-10(16)11(17)7-9/h3-7,15,20H,1-2H3. The molecule has 1 N–H and O–H groups in total. The summed E-state index contributed by atoms with van der Waals surface area (Å²) < 4.78 is 28.2. The molecule has 2 rings (SSSR count). The van der Waals surface area contributed by atoms with Crippen molar-refractivity contribution in [3.05, 3.63) is 68.7 Å². The lowest BCUT2D eigenvalue weighted by Gasteiger charge is -2.20. The zero-order chi connectivity index (χ0) is 14.9. The Morgan fingerprint density at radius 2 is 1.75 bits per heavy atom. The Balaban J connectivity index is 2.58. The van der Waals surface area contributed by atoms with Crippen LogP contribution in [-0.2, 0) is 0 Å². The highest BCUT2D eigenvalue weighted by atomic mass is 35.5. The number of nitrogens with one attached hydrogen (secondary N) is 1. The van der Waals surface area contributed by atoms with Crippen LogP contribution in [0, 0.1) is 18.6 Å². The van der Waals surface area contributed by atoms with E-state index in [4.69, 9.17) is 23.2 Å². The molecule has 0 saturated heterocycles. The first-order valence-corrected chi connectivity index (χ1v) is 6.78. The largest absolute Gasteiger partial charge is 0.309 e. The molecule has 0 spiro atoms. The number of halogens is 4. The smallest absolute Gasteiger partial charge is 0.134 e. The van der Waals surface area contributed by atoms with Crippen LogP contribution in [0.15, 0.2) is 30.3 Å². The fourth-order valence-corrected chi connectivity index (χ4v) is 2.42. The van der Waals surface area contributed by atoms with Gasteiger partial charge in [0.05, 0.1) is 16.1 Å². The summed E-state index contributed by atoms with van der Waals surface area (Å²) in [4.78, 5) is 0. The Morgan fingerprint density at radius 3 is 2.35 bits per heavy atom. The van der Waals surface area contributed by atoms with Crippen LogP contribution in [0.5, 0.6) is 0 Å².